The van der Waals surface area contributed by atoms with Gasteiger partial charge in [-0.3, -0.25) is 0 Å². The van der Waals surface area contributed by atoms with E-state index in [-0.39, 0.29) is 17.0 Å². The Kier molecular flexibility index (Phi) is 3.14. The van der Waals surface area contributed by atoms with E-state index in [9.17, 15) is 9.59 Å². The average molecular weight is 223 g/mol. The van der Waals surface area contributed by atoms with Gasteiger partial charge in [-0.1, -0.05) is 0 Å². The number of ether oxygens (including phenoxy) is 1. The minimum Gasteiger partial charge on any atom is -0.478 e. The number of nitrogens with two attached hydrogens (primary N) is 1. The van der Waals surface area contributed by atoms with Gasteiger partial charge in [-0.2, -0.15) is 0 Å². The van der Waals surface area contributed by atoms with Crippen molar-refractivity contribution in [3.63, 3.8) is 0 Å². The molecule has 1 aromatic carbocycles. The van der Waals surface area contributed by atoms with E-state index in [1.807, 2.05) is 0 Å². The standard InChI is InChI=1S/C10H9NO5/c1-5(9(12)13)16-8-4-6(10(14)15)2-3-7(8)11/h2-4H,1,11H2,(H,12,13)(H,14,15). The summed E-state index contributed by atoms with van der Waals surface area (Å²) in [6.07, 6.45) is 0. The third-order valence-electron chi connectivity index (χ3n) is 1.73. The fourth-order valence-corrected chi connectivity index (χ4v) is 0.932. The van der Waals surface area contributed by atoms with Crippen LogP contribution in [-0.2, 0) is 4.79 Å². The molecule has 0 spiro atoms. The number of carboxylic acid groups (broad SMARTS) is 2. The molecule has 0 aliphatic heterocycles. The van der Waals surface area contributed by atoms with Gasteiger partial charge in [0.2, 0.25) is 5.76 Å². The van der Waals surface area contributed by atoms with Gasteiger partial charge in [0.05, 0.1) is 11.3 Å². The molecule has 0 saturated carbocycles. The lowest BCUT2D eigenvalue weighted by Crippen LogP contribution is -2.08. The number of aliphatic carboxylic acids is 1. The van der Waals surface area contributed by atoms with Gasteiger partial charge >= 0.3 is 11.9 Å². The first-order chi connectivity index (χ1) is 7.41. The SMILES string of the molecule is C=C(Oc1cc(C(=O)O)ccc1N)C(=O)O. The van der Waals surface area contributed by atoms with Crippen molar-refractivity contribution in [3.05, 3.63) is 36.1 Å². The Hall–Kier alpha value is -2.50. The van der Waals surface area contributed by atoms with E-state index < -0.39 is 17.7 Å². The summed E-state index contributed by atoms with van der Waals surface area (Å²) < 4.78 is 4.82. The fraction of sp³-hybridized carbons (Fsp3) is 0. The molecule has 0 fully saturated rings. The van der Waals surface area contributed by atoms with Gasteiger partial charge in [-0.15, -0.1) is 0 Å². The number of hydrogen-bond donors (Lipinski definition) is 3. The average Bonchev–Trinajstić information content (AvgIpc) is 2.20. The van der Waals surface area contributed by atoms with E-state index in [0.29, 0.717) is 0 Å². The van der Waals surface area contributed by atoms with Gasteiger partial charge in [0.1, 0.15) is 0 Å². The van der Waals surface area contributed by atoms with Crippen molar-refractivity contribution < 1.29 is 24.5 Å². The summed E-state index contributed by atoms with van der Waals surface area (Å²) in [5.41, 5.74) is 5.56. The summed E-state index contributed by atoms with van der Waals surface area (Å²) in [6, 6.07) is 3.73. The largest absolute Gasteiger partial charge is 0.478 e. The van der Waals surface area contributed by atoms with Crippen molar-refractivity contribution >= 4 is 17.6 Å². The Morgan fingerprint density at radius 1 is 1.31 bits per heavy atom. The van der Waals surface area contributed by atoms with Crippen LogP contribution in [0.15, 0.2) is 30.5 Å². The van der Waals surface area contributed by atoms with Crippen molar-refractivity contribution in [2.45, 2.75) is 0 Å². The fourth-order valence-electron chi connectivity index (χ4n) is 0.932. The molecule has 0 heterocycles. The number of nitrogen functional groups attached to an aromatic ring is 1. The molecule has 0 radical (unpaired) electrons. The Morgan fingerprint density at radius 2 is 1.94 bits per heavy atom. The number of hydrogen-bond acceptors (Lipinski definition) is 4. The van der Waals surface area contributed by atoms with Crippen LogP contribution in [0.4, 0.5) is 5.69 Å². The second-order valence-corrected chi connectivity index (χ2v) is 2.89. The molecule has 6 nitrogen and oxygen atoms in total. The Morgan fingerprint density at radius 3 is 2.44 bits per heavy atom. The molecule has 84 valence electrons. The molecule has 0 saturated heterocycles. The van der Waals surface area contributed by atoms with Crippen LogP contribution >= 0.6 is 0 Å². The lowest BCUT2D eigenvalue weighted by atomic mass is 10.2. The van der Waals surface area contributed by atoms with Crippen LogP contribution in [0.2, 0.25) is 0 Å². The quantitative estimate of drug-likeness (QED) is 0.398. The van der Waals surface area contributed by atoms with Gasteiger partial charge < -0.3 is 20.7 Å². The molecule has 0 aliphatic carbocycles. The zero-order chi connectivity index (χ0) is 12.3. The maximum Gasteiger partial charge on any atom is 0.371 e. The molecule has 0 unspecified atom stereocenters. The predicted molar refractivity (Wildman–Crippen MR) is 55.2 cm³/mol. The normalized spacial score (nSPS) is 9.50. The van der Waals surface area contributed by atoms with E-state index >= 15 is 0 Å². The molecule has 4 N–H and O–H groups in total. The van der Waals surface area contributed by atoms with Crippen LogP contribution in [0.1, 0.15) is 10.4 Å². The number of benzene rings is 1. The van der Waals surface area contributed by atoms with Crippen molar-refractivity contribution in [2.24, 2.45) is 0 Å². The number of anilines is 1. The zero-order valence-electron chi connectivity index (χ0n) is 8.14. The Labute approximate surface area is 90.6 Å². The van der Waals surface area contributed by atoms with E-state index in [1.165, 1.54) is 12.1 Å². The third kappa shape index (κ3) is 2.50. The van der Waals surface area contributed by atoms with Gasteiger partial charge in [-0.25, -0.2) is 9.59 Å². The number of rotatable bonds is 4. The van der Waals surface area contributed by atoms with Crippen molar-refractivity contribution in [1.29, 1.82) is 0 Å². The lowest BCUT2D eigenvalue weighted by Gasteiger charge is -2.08. The van der Waals surface area contributed by atoms with Crippen molar-refractivity contribution in [3.8, 4) is 5.75 Å². The van der Waals surface area contributed by atoms with E-state index in [2.05, 4.69) is 6.58 Å². The first-order valence-electron chi connectivity index (χ1n) is 4.14. The summed E-state index contributed by atoms with van der Waals surface area (Å²) in [5.74, 6) is -3.09. The van der Waals surface area contributed by atoms with Crippen LogP contribution in [0, 0.1) is 0 Å². The number of carbonyl (C=O) groups is 2. The topological polar surface area (TPSA) is 110 Å². The minimum atomic E-state index is -1.35. The van der Waals surface area contributed by atoms with Crippen LogP contribution in [-0.4, -0.2) is 22.2 Å². The van der Waals surface area contributed by atoms with E-state index in [1.54, 1.807) is 0 Å². The van der Waals surface area contributed by atoms with Gasteiger partial charge in [-0.05, 0) is 24.8 Å². The second-order valence-electron chi connectivity index (χ2n) is 2.89. The van der Waals surface area contributed by atoms with E-state index in [0.717, 1.165) is 6.07 Å². The summed E-state index contributed by atoms with van der Waals surface area (Å²) in [7, 11) is 0. The van der Waals surface area contributed by atoms with Crippen molar-refractivity contribution in [2.75, 3.05) is 5.73 Å². The first-order valence-corrected chi connectivity index (χ1v) is 4.14. The smallest absolute Gasteiger partial charge is 0.371 e. The molecule has 0 aliphatic rings. The maximum atomic E-state index is 10.6. The molecule has 1 rings (SSSR count). The van der Waals surface area contributed by atoms with Gasteiger partial charge in [0.15, 0.2) is 5.75 Å². The van der Waals surface area contributed by atoms with Gasteiger partial charge in [0, 0.05) is 0 Å². The van der Waals surface area contributed by atoms with Crippen LogP contribution in [0.25, 0.3) is 0 Å². The highest BCUT2D eigenvalue weighted by Gasteiger charge is 2.12. The number of carboxylic acids is 2. The third-order valence-corrected chi connectivity index (χ3v) is 1.73. The molecular weight excluding hydrogens is 214 g/mol. The molecule has 0 amide bonds. The minimum absolute atomic E-state index is 0.0488. The highest BCUT2D eigenvalue weighted by atomic mass is 16.5. The second kappa shape index (κ2) is 4.35. The zero-order valence-corrected chi connectivity index (χ0v) is 8.14. The van der Waals surface area contributed by atoms with Crippen LogP contribution in [0.3, 0.4) is 0 Å². The van der Waals surface area contributed by atoms with Crippen LogP contribution < -0.4 is 10.5 Å². The first kappa shape index (κ1) is 11.6. The molecule has 6 heteroatoms. The summed E-state index contributed by atoms with van der Waals surface area (Å²) in [6.45, 7) is 3.14. The Balaban J connectivity index is 3.03. The lowest BCUT2D eigenvalue weighted by molar-refractivity contribution is -0.135. The van der Waals surface area contributed by atoms with Gasteiger partial charge in [0.25, 0.3) is 0 Å². The molecular formula is C10H9NO5. The highest BCUT2D eigenvalue weighted by Crippen LogP contribution is 2.24. The Bertz CT molecular complexity index is 466. The highest BCUT2D eigenvalue weighted by molar-refractivity contribution is 5.89. The van der Waals surface area contributed by atoms with E-state index in [4.69, 9.17) is 20.7 Å². The summed E-state index contributed by atoms with van der Waals surface area (Å²) in [4.78, 5) is 21.1. The molecule has 0 bridgehead atoms. The molecule has 0 atom stereocenters. The summed E-state index contributed by atoms with van der Waals surface area (Å²) >= 11 is 0. The molecule has 16 heavy (non-hydrogen) atoms. The predicted octanol–water partition coefficient (Wildman–Crippen LogP) is 0.944. The van der Waals surface area contributed by atoms with Crippen molar-refractivity contribution in [1.82, 2.24) is 0 Å². The molecule has 1 aromatic rings. The summed E-state index contributed by atoms with van der Waals surface area (Å²) in [5, 5.41) is 17.2. The van der Waals surface area contributed by atoms with Crippen LogP contribution in [0.5, 0.6) is 5.75 Å². The molecule has 0 aromatic heterocycles. The maximum absolute atomic E-state index is 10.6. The number of aromatic carboxylic acids is 1. The monoisotopic (exact) mass is 223 g/mol.